The first-order valence-electron chi connectivity index (χ1n) is 6.13. The Labute approximate surface area is 102 Å². The van der Waals surface area contributed by atoms with E-state index < -0.39 is 0 Å². The fourth-order valence-electron chi connectivity index (χ4n) is 2.40. The number of anilines is 1. The zero-order valence-corrected chi connectivity index (χ0v) is 9.87. The molecule has 0 bridgehead atoms. The van der Waals surface area contributed by atoms with Crippen molar-refractivity contribution in [3.8, 4) is 0 Å². The van der Waals surface area contributed by atoms with E-state index in [0.29, 0.717) is 4.59 Å². The predicted octanol–water partition coefficient (Wildman–Crippen LogP) is 2.91. The molecule has 76 valence electrons. The fourth-order valence-corrected chi connectivity index (χ4v) is 2.40. The number of nitrogens with zero attached hydrogens (tertiary/aromatic N) is 1. The summed E-state index contributed by atoms with van der Waals surface area (Å²) in [4.78, 5) is 2.55. The van der Waals surface area contributed by atoms with Gasteiger partial charge in [-0.05, 0) is 0 Å². The molecule has 0 aromatic heterocycles. The van der Waals surface area contributed by atoms with Gasteiger partial charge in [-0.1, -0.05) is 0 Å². The van der Waals surface area contributed by atoms with Crippen molar-refractivity contribution < 1.29 is 0 Å². The van der Waals surface area contributed by atoms with Crippen molar-refractivity contribution in [2.75, 3.05) is 18.0 Å². The summed E-state index contributed by atoms with van der Waals surface area (Å²) < 4.78 is 0.628. The van der Waals surface area contributed by atoms with Crippen LogP contribution in [0.25, 0.3) is 0 Å². The number of rotatable bonds is 2. The van der Waals surface area contributed by atoms with Gasteiger partial charge in [0, 0.05) is 0 Å². The Morgan fingerprint density at radius 1 is 1.13 bits per heavy atom. The van der Waals surface area contributed by atoms with Crippen LogP contribution in [0.4, 0.5) is 5.69 Å². The van der Waals surface area contributed by atoms with E-state index in [1.54, 1.807) is 0 Å². The van der Waals surface area contributed by atoms with E-state index in [2.05, 4.69) is 53.8 Å². The van der Waals surface area contributed by atoms with Crippen LogP contribution in [0.3, 0.4) is 0 Å². The molecule has 0 saturated carbocycles. The average molecular weight is 195 g/mol. The molecule has 0 aliphatic carbocycles. The summed E-state index contributed by atoms with van der Waals surface area (Å²) in [5.74, 6) is 0. The maximum atomic E-state index is 2.55. The van der Waals surface area contributed by atoms with Crippen LogP contribution in [0.1, 0.15) is 36.3 Å². The fraction of sp³-hybridized carbons (Fsp3) is 0.538. The summed E-state index contributed by atoms with van der Waals surface area (Å²) in [6, 6.07) is 8.87. The minimum absolute atomic E-state index is 0.628. The monoisotopic (exact) mass is 195 g/mol. The Morgan fingerprint density at radius 2 is 1.80 bits per heavy atom. The maximum absolute atomic E-state index is 2.55. The molecular formula is C13H18LiN. The number of benzene rings is 1. The van der Waals surface area contributed by atoms with Crippen molar-refractivity contribution in [2.45, 2.75) is 30.8 Å². The second-order valence-corrected chi connectivity index (χ2v) is 4.76. The number of piperidine rings is 1. The van der Waals surface area contributed by atoms with Gasteiger partial charge in [-0.3, -0.25) is 0 Å². The second-order valence-electron chi connectivity index (χ2n) is 4.76. The molecule has 15 heavy (non-hydrogen) atoms. The van der Waals surface area contributed by atoms with E-state index in [4.69, 9.17) is 0 Å². The van der Waals surface area contributed by atoms with Crippen LogP contribution < -0.4 is 4.90 Å². The van der Waals surface area contributed by atoms with Crippen molar-refractivity contribution in [3.63, 3.8) is 0 Å². The van der Waals surface area contributed by atoms with Gasteiger partial charge in [-0.25, -0.2) is 0 Å². The molecule has 1 saturated heterocycles. The van der Waals surface area contributed by atoms with Gasteiger partial charge in [-0.2, -0.15) is 0 Å². The third-order valence-electron chi connectivity index (χ3n) is 3.26. The van der Waals surface area contributed by atoms with Gasteiger partial charge >= 0.3 is 102 Å². The zero-order chi connectivity index (χ0) is 10.7. The molecule has 1 heterocycles. The summed E-state index contributed by atoms with van der Waals surface area (Å²) in [6.07, 6.45) is 4.11. The summed E-state index contributed by atoms with van der Waals surface area (Å²) >= 11 is 2.28. The van der Waals surface area contributed by atoms with Crippen LogP contribution in [0.15, 0.2) is 24.3 Å². The van der Waals surface area contributed by atoms with Crippen molar-refractivity contribution >= 4 is 23.4 Å². The summed E-state index contributed by atoms with van der Waals surface area (Å²) in [6.45, 7) is 4.76. The Bertz CT molecular complexity index is 316. The second kappa shape index (κ2) is 5.10. The van der Waals surface area contributed by atoms with Crippen LogP contribution in [0.5, 0.6) is 0 Å². The van der Waals surface area contributed by atoms with E-state index in [0.717, 1.165) is 0 Å². The standard InChI is InChI=1S/C13H18N.Li/c1-2-12-8-4-5-9-13(12)14-10-6-3-7-11-14;/h2,4-5,8-9H,3,6-7,10-11H2,1H3;. The number of hydrogen-bond acceptors (Lipinski definition) is 1. The SMILES string of the molecule is [Li][CH](C)c1ccccc1N1CCCCC1. The van der Waals surface area contributed by atoms with Gasteiger partial charge in [0.25, 0.3) is 0 Å². The molecule has 1 fully saturated rings. The third-order valence-corrected chi connectivity index (χ3v) is 3.26. The molecule has 0 radical (unpaired) electrons. The number of para-hydroxylation sites is 1. The molecule has 1 aromatic carbocycles. The predicted molar refractivity (Wildman–Crippen MR) is 66.7 cm³/mol. The first-order valence-corrected chi connectivity index (χ1v) is 6.13. The van der Waals surface area contributed by atoms with Gasteiger partial charge in [0.1, 0.15) is 0 Å². The van der Waals surface area contributed by atoms with Gasteiger partial charge in [0.2, 0.25) is 0 Å². The quantitative estimate of drug-likeness (QED) is 0.656. The van der Waals surface area contributed by atoms with Crippen molar-refractivity contribution in [2.24, 2.45) is 0 Å². The van der Waals surface area contributed by atoms with Gasteiger partial charge in [-0.15, -0.1) is 0 Å². The van der Waals surface area contributed by atoms with E-state index in [9.17, 15) is 0 Å². The van der Waals surface area contributed by atoms with E-state index >= 15 is 0 Å². The van der Waals surface area contributed by atoms with Crippen LogP contribution >= 0.6 is 0 Å². The van der Waals surface area contributed by atoms with Crippen molar-refractivity contribution in [1.29, 1.82) is 0 Å². The van der Waals surface area contributed by atoms with E-state index in [1.807, 2.05) is 0 Å². The first-order chi connectivity index (χ1) is 7.29. The zero-order valence-electron chi connectivity index (χ0n) is 9.87. The van der Waals surface area contributed by atoms with Gasteiger partial charge in [0.05, 0.1) is 0 Å². The number of hydrogen-bond donors (Lipinski definition) is 0. The molecule has 0 amide bonds. The first kappa shape index (κ1) is 11.1. The van der Waals surface area contributed by atoms with E-state index in [1.165, 1.54) is 43.6 Å². The summed E-state index contributed by atoms with van der Waals surface area (Å²) in [5, 5.41) is 0. The Kier molecular flexibility index (Phi) is 3.78. The summed E-state index contributed by atoms with van der Waals surface area (Å²) in [5.41, 5.74) is 2.96. The molecule has 1 unspecified atom stereocenters. The molecule has 1 atom stereocenters. The topological polar surface area (TPSA) is 3.24 Å². The molecule has 1 aliphatic heterocycles. The average Bonchev–Trinajstić information content (AvgIpc) is 2.30. The molecule has 2 rings (SSSR count). The Morgan fingerprint density at radius 3 is 2.47 bits per heavy atom. The van der Waals surface area contributed by atoms with Crippen LogP contribution in [0.2, 0.25) is 0 Å². The van der Waals surface area contributed by atoms with Crippen molar-refractivity contribution in [3.05, 3.63) is 29.8 Å². The van der Waals surface area contributed by atoms with Crippen LogP contribution in [-0.2, 0) is 0 Å². The van der Waals surface area contributed by atoms with Crippen LogP contribution in [-0.4, -0.2) is 30.8 Å². The molecule has 2 heteroatoms. The molecule has 0 N–H and O–H groups in total. The molecule has 0 spiro atoms. The molecular weight excluding hydrogens is 177 g/mol. The van der Waals surface area contributed by atoms with Gasteiger partial charge < -0.3 is 0 Å². The van der Waals surface area contributed by atoms with Crippen molar-refractivity contribution in [1.82, 2.24) is 0 Å². The van der Waals surface area contributed by atoms with Gasteiger partial charge in [0.15, 0.2) is 0 Å². The van der Waals surface area contributed by atoms with Crippen LogP contribution in [0, 0.1) is 0 Å². The Hall–Kier alpha value is -0.383. The molecule has 1 aromatic rings. The van der Waals surface area contributed by atoms with E-state index in [-0.39, 0.29) is 0 Å². The Balaban J connectivity index is 2.25. The summed E-state index contributed by atoms with van der Waals surface area (Å²) in [7, 11) is 0. The molecule has 1 aliphatic rings. The normalized spacial score (nSPS) is 19.0. The minimum atomic E-state index is 0.628. The third kappa shape index (κ3) is 2.59. The molecule has 1 nitrogen and oxygen atoms in total.